The van der Waals surface area contributed by atoms with E-state index in [2.05, 4.69) is 4.74 Å². The lowest BCUT2D eigenvalue weighted by Crippen LogP contribution is -2.35. The number of methoxy groups -OCH3 is 1. The summed E-state index contributed by atoms with van der Waals surface area (Å²) in [6.45, 7) is 4.82. The highest BCUT2D eigenvalue weighted by Gasteiger charge is 2.20. The van der Waals surface area contributed by atoms with E-state index in [1.54, 1.807) is 4.90 Å². The molecule has 0 saturated carbocycles. The number of rotatable bonds is 6. The molecular formula is C13H18ClNO4. The number of halogens is 1. The Kier molecular flexibility index (Phi) is 5.89. The molecule has 0 radical (unpaired) electrons. The highest BCUT2D eigenvalue weighted by Crippen LogP contribution is 2.16. The Balaban J connectivity index is 2.72. The number of furan rings is 1. The molecule has 6 heteroatoms. The Bertz CT molecular complexity index is 442. The number of hydrogen-bond acceptors (Lipinski definition) is 4. The van der Waals surface area contributed by atoms with Crippen molar-refractivity contribution in [2.45, 2.75) is 20.3 Å². The van der Waals surface area contributed by atoms with Crippen LogP contribution in [0, 0.1) is 5.92 Å². The second-order valence-corrected chi connectivity index (χ2v) is 4.95. The maximum Gasteiger partial charge on any atom is 0.307 e. The number of carbonyl (C=O) groups excluding carboxylic acids is 2. The molecular weight excluding hydrogens is 270 g/mol. The van der Waals surface area contributed by atoms with Crippen molar-refractivity contribution in [2.24, 2.45) is 5.92 Å². The van der Waals surface area contributed by atoms with Gasteiger partial charge in [-0.05, 0) is 29.7 Å². The molecule has 1 rings (SSSR count). The van der Waals surface area contributed by atoms with Crippen LogP contribution in [0.5, 0.6) is 0 Å². The molecule has 106 valence electrons. The van der Waals surface area contributed by atoms with Crippen LogP contribution >= 0.6 is 11.6 Å². The molecule has 0 spiro atoms. The maximum absolute atomic E-state index is 12.2. The Morgan fingerprint density at radius 1 is 1.42 bits per heavy atom. The number of amides is 1. The molecule has 1 aromatic heterocycles. The molecule has 5 nitrogen and oxygen atoms in total. The van der Waals surface area contributed by atoms with Crippen molar-refractivity contribution >= 4 is 23.5 Å². The maximum atomic E-state index is 12.2. The zero-order valence-electron chi connectivity index (χ0n) is 11.3. The van der Waals surface area contributed by atoms with Crippen LogP contribution in [0.15, 0.2) is 16.5 Å². The molecule has 0 aliphatic heterocycles. The summed E-state index contributed by atoms with van der Waals surface area (Å²) in [5.74, 6) is -0.161. The van der Waals surface area contributed by atoms with E-state index < -0.39 is 0 Å². The van der Waals surface area contributed by atoms with Crippen LogP contribution in [0.3, 0.4) is 0 Å². The van der Waals surface area contributed by atoms with E-state index in [0.717, 1.165) is 0 Å². The number of carbonyl (C=O) groups is 2. The minimum absolute atomic E-state index is 0.156. The third-order valence-corrected chi connectivity index (χ3v) is 2.67. The Labute approximate surface area is 117 Å². The van der Waals surface area contributed by atoms with Crippen molar-refractivity contribution in [3.8, 4) is 0 Å². The van der Waals surface area contributed by atoms with Crippen LogP contribution in [-0.2, 0) is 9.53 Å². The van der Waals surface area contributed by atoms with Crippen LogP contribution < -0.4 is 0 Å². The molecule has 0 saturated heterocycles. The van der Waals surface area contributed by atoms with E-state index in [1.165, 1.54) is 19.2 Å². The molecule has 19 heavy (non-hydrogen) atoms. The van der Waals surface area contributed by atoms with Crippen molar-refractivity contribution in [1.29, 1.82) is 0 Å². The fourth-order valence-corrected chi connectivity index (χ4v) is 1.78. The molecule has 0 atom stereocenters. The van der Waals surface area contributed by atoms with Crippen LogP contribution in [0.1, 0.15) is 30.8 Å². The minimum Gasteiger partial charge on any atom is -0.469 e. The Morgan fingerprint density at radius 2 is 2.11 bits per heavy atom. The second kappa shape index (κ2) is 7.19. The average Bonchev–Trinajstić information content (AvgIpc) is 2.79. The predicted molar refractivity (Wildman–Crippen MR) is 71.1 cm³/mol. The summed E-state index contributed by atoms with van der Waals surface area (Å²) in [6.07, 6.45) is 0.156. The summed E-state index contributed by atoms with van der Waals surface area (Å²) in [5.41, 5.74) is 0. The quantitative estimate of drug-likeness (QED) is 0.755. The van der Waals surface area contributed by atoms with Crippen molar-refractivity contribution < 1.29 is 18.7 Å². The molecule has 0 N–H and O–H groups in total. The van der Waals surface area contributed by atoms with E-state index in [4.69, 9.17) is 16.0 Å². The fourth-order valence-electron chi connectivity index (χ4n) is 1.63. The number of nitrogens with zero attached hydrogens (tertiary/aromatic N) is 1. The monoisotopic (exact) mass is 287 g/mol. The van der Waals surface area contributed by atoms with Gasteiger partial charge in [-0.2, -0.15) is 0 Å². The second-order valence-electron chi connectivity index (χ2n) is 4.57. The van der Waals surface area contributed by atoms with Crippen molar-refractivity contribution in [2.75, 3.05) is 20.2 Å². The molecule has 0 bridgehead atoms. The van der Waals surface area contributed by atoms with Gasteiger partial charge in [-0.15, -0.1) is 0 Å². The van der Waals surface area contributed by atoms with Gasteiger partial charge in [0.1, 0.15) is 0 Å². The molecule has 0 aromatic carbocycles. The first-order valence-electron chi connectivity index (χ1n) is 6.05. The number of esters is 1. The van der Waals surface area contributed by atoms with Gasteiger partial charge in [0.25, 0.3) is 5.91 Å². The predicted octanol–water partition coefficient (Wildman–Crippen LogP) is 2.59. The van der Waals surface area contributed by atoms with Crippen LogP contribution in [0.25, 0.3) is 0 Å². The smallest absolute Gasteiger partial charge is 0.307 e. The van der Waals surface area contributed by atoms with E-state index in [9.17, 15) is 9.59 Å². The summed E-state index contributed by atoms with van der Waals surface area (Å²) in [4.78, 5) is 24.9. The van der Waals surface area contributed by atoms with Gasteiger partial charge in [-0.3, -0.25) is 9.59 Å². The third-order valence-electron chi connectivity index (χ3n) is 2.47. The Hall–Kier alpha value is -1.49. The van der Waals surface area contributed by atoms with Gasteiger partial charge in [0.05, 0.1) is 13.5 Å². The van der Waals surface area contributed by atoms with Gasteiger partial charge in [0, 0.05) is 13.1 Å². The van der Waals surface area contributed by atoms with E-state index in [0.29, 0.717) is 13.1 Å². The number of ether oxygens (including phenoxy) is 1. The topological polar surface area (TPSA) is 59.8 Å². The lowest BCUT2D eigenvalue weighted by molar-refractivity contribution is -0.140. The fraction of sp³-hybridized carbons (Fsp3) is 0.538. The molecule has 0 aliphatic rings. The third kappa shape index (κ3) is 4.95. The molecule has 1 amide bonds. The average molecular weight is 288 g/mol. The Morgan fingerprint density at radius 3 is 2.58 bits per heavy atom. The van der Waals surface area contributed by atoms with Crippen molar-refractivity contribution in [3.05, 3.63) is 23.1 Å². The summed E-state index contributed by atoms with van der Waals surface area (Å²) in [6, 6.07) is 3.04. The van der Waals surface area contributed by atoms with Crippen LogP contribution in [0.2, 0.25) is 5.22 Å². The van der Waals surface area contributed by atoms with Crippen LogP contribution in [0.4, 0.5) is 0 Å². The van der Waals surface area contributed by atoms with Gasteiger partial charge in [0.15, 0.2) is 11.0 Å². The standard InChI is InChI=1S/C13H18ClNO4/c1-9(2)8-15(7-6-12(16)18-3)13(17)10-4-5-11(14)19-10/h4-5,9H,6-8H2,1-3H3. The van der Waals surface area contributed by atoms with E-state index >= 15 is 0 Å². The van der Waals surface area contributed by atoms with Crippen molar-refractivity contribution in [1.82, 2.24) is 4.90 Å². The summed E-state index contributed by atoms with van der Waals surface area (Å²) in [5, 5.41) is 0.167. The number of hydrogen-bond donors (Lipinski definition) is 0. The van der Waals surface area contributed by atoms with Gasteiger partial charge in [-0.1, -0.05) is 13.8 Å². The lowest BCUT2D eigenvalue weighted by Gasteiger charge is -2.23. The van der Waals surface area contributed by atoms with Gasteiger partial charge < -0.3 is 14.1 Å². The van der Waals surface area contributed by atoms with Crippen molar-refractivity contribution in [3.63, 3.8) is 0 Å². The zero-order chi connectivity index (χ0) is 14.4. The zero-order valence-corrected chi connectivity index (χ0v) is 12.1. The first-order chi connectivity index (χ1) is 8.93. The van der Waals surface area contributed by atoms with E-state index in [1.807, 2.05) is 13.8 Å². The lowest BCUT2D eigenvalue weighted by atomic mass is 10.2. The SMILES string of the molecule is COC(=O)CCN(CC(C)C)C(=O)c1ccc(Cl)o1. The molecule has 0 aliphatic carbocycles. The highest BCUT2D eigenvalue weighted by atomic mass is 35.5. The van der Waals surface area contributed by atoms with E-state index in [-0.39, 0.29) is 35.2 Å². The van der Waals surface area contributed by atoms with Crippen LogP contribution in [-0.4, -0.2) is 37.0 Å². The normalized spacial score (nSPS) is 10.6. The molecule has 0 unspecified atom stereocenters. The minimum atomic E-state index is -0.348. The first-order valence-corrected chi connectivity index (χ1v) is 6.43. The molecule has 1 aromatic rings. The van der Waals surface area contributed by atoms with Gasteiger partial charge >= 0.3 is 5.97 Å². The summed E-state index contributed by atoms with van der Waals surface area (Å²) >= 11 is 5.65. The summed E-state index contributed by atoms with van der Waals surface area (Å²) < 4.78 is 9.67. The van der Waals surface area contributed by atoms with Gasteiger partial charge in [-0.25, -0.2) is 0 Å². The largest absolute Gasteiger partial charge is 0.469 e. The first kappa shape index (κ1) is 15.6. The highest BCUT2D eigenvalue weighted by molar-refractivity contribution is 6.29. The molecule has 1 heterocycles. The van der Waals surface area contributed by atoms with Gasteiger partial charge in [0.2, 0.25) is 0 Å². The molecule has 0 fully saturated rings. The summed E-state index contributed by atoms with van der Waals surface area (Å²) in [7, 11) is 1.32.